The second-order valence-corrected chi connectivity index (χ2v) is 4.25. The summed E-state index contributed by atoms with van der Waals surface area (Å²) >= 11 is 3.43. The van der Waals surface area contributed by atoms with Crippen LogP contribution in [0.3, 0.4) is 0 Å². The van der Waals surface area contributed by atoms with E-state index in [-0.39, 0.29) is 10.6 Å². The van der Waals surface area contributed by atoms with E-state index in [0.717, 1.165) is 29.3 Å². The summed E-state index contributed by atoms with van der Waals surface area (Å²) in [5.41, 5.74) is 2.36. The van der Waals surface area contributed by atoms with E-state index in [1.165, 1.54) is 0 Å². The molecule has 0 aliphatic heterocycles. The van der Waals surface area contributed by atoms with Crippen LogP contribution in [-0.2, 0) is 12.8 Å². The van der Waals surface area contributed by atoms with Gasteiger partial charge in [0.05, 0.1) is 4.92 Å². The number of hydrogen-bond donors (Lipinski definition) is 0. The standard InChI is InChI=1S/C10H10BrNO2/c11-6-7-4-8-2-1-3-10(12(13)14)9(8)5-7/h1-3,7H,4-6H2/t7-/m0/s1. The number of fused-ring (bicyclic) bond motifs is 1. The van der Waals surface area contributed by atoms with Gasteiger partial charge in [0.1, 0.15) is 0 Å². The minimum atomic E-state index is -0.282. The van der Waals surface area contributed by atoms with Crippen molar-refractivity contribution in [3.05, 3.63) is 39.4 Å². The third-order valence-electron chi connectivity index (χ3n) is 2.66. The molecule has 0 fully saturated rings. The lowest BCUT2D eigenvalue weighted by Crippen LogP contribution is -2.00. The van der Waals surface area contributed by atoms with E-state index in [1.54, 1.807) is 12.1 Å². The molecule has 0 saturated heterocycles. The Balaban J connectivity index is 2.41. The van der Waals surface area contributed by atoms with Crippen molar-refractivity contribution in [1.29, 1.82) is 0 Å². The first-order valence-corrected chi connectivity index (χ1v) is 5.65. The van der Waals surface area contributed by atoms with Gasteiger partial charge in [-0.2, -0.15) is 0 Å². The maximum absolute atomic E-state index is 10.7. The number of nitro groups is 1. The maximum Gasteiger partial charge on any atom is 0.272 e. The van der Waals surface area contributed by atoms with Crippen LogP contribution in [0.25, 0.3) is 0 Å². The molecule has 0 saturated carbocycles. The first-order chi connectivity index (χ1) is 6.72. The Kier molecular flexibility index (Phi) is 2.54. The van der Waals surface area contributed by atoms with Crippen LogP contribution in [0.5, 0.6) is 0 Å². The Hall–Kier alpha value is -0.900. The van der Waals surface area contributed by atoms with Crippen molar-refractivity contribution in [1.82, 2.24) is 0 Å². The van der Waals surface area contributed by atoms with Crippen LogP contribution >= 0.6 is 15.9 Å². The van der Waals surface area contributed by atoms with E-state index in [1.807, 2.05) is 6.07 Å². The molecular weight excluding hydrogens is 246 g/mol. The summed E-state index contributed by atoms with van der Waals surface area (Å²) < 4.78 is 0. The monoisotopic (exact) mass is 255 g/mol. The zero-order chi connectivity index (χ0) is 10.1. The second-order valence-electron chi connectivity index (χ2n) is 3.60. The molecule has 74 valence electrons. The van der Waals surface area contributed by atoms with Crippen LogP contribution in [0.15, 0.2) is 18.2 Å². The van der Waals surface area contributed by atoms with Crippen molar-refractivity contribution in [2.24, 2.45) is 5.92 Å². The molecule has 2 rings (SSSR count). The van der Waals surface area contributed by atoms with Gasteiger partial charge in [-0.3, -0.25) is 10.1 Å². The van der Waals surface area contributed by atoms with E-state index in [2.05, 4.69) is 15.9 Å². The average molecular weight is 256 g/mol. The molecule has 0 N–H and O–H groups in total. The van der Waals surface area contributed by atoms with Gasteiger partial charge in [-0.15, -0.1) is 0 Å². The molecule has 1 aromatic carbocycles. The molecule has 0 amide bonds. The molecule has 1 aliphatic rings. The molecule has 1 atom stereocenters. The molecule has 14 heavy (non-hydrogen) atoms. The summed E-state index contributed by atoms with van der Waals surface area (Å²) in [4.78, 5) is 10.5. The van der Waals surface area contributed by atoms with Gasteiger partial charge in [0.2, 0.25) is 0 Å². The fourth-order valence-electron chi connectivity index (χ4n) is 2.00. The van der Waals surface area contributed by atoms with E-state index >= 15 is 0 Å². The van der Waals surface area contributed by atoms with E-state index < -0.39 is 0 Å². The first kappa shape index (κ1) is 9.65. The summed E-state index contributed by atoms with van der Waals surface area (Å²) in [5, 5.41) is 11.7. The normalized spacial score (nSPS) is 19.4. The SMILES string of the molecule is O=[N+]([O-])c1cccc2c1C[C@@H](CBr)C2. The Labute approximate surface area is 90.4 Å². The largest absolute Gasteiger partial charge is 0.272 e. The number of rotatable bonds is 2. The van der Waals surface area contributed by atoms with Crippen molar-refractivity contribution >= 4 is 21.6 Å². The van der Waals surface area contributed by atoms with Crippen molar-refractivity contribution < 1.29 is 4.92 Å². The summed E-state index contributed by atoms with van der Waals surface area (Å²) in [7, 11) is 0. The predicted molar refractivity (Wildman–Crippen MR) is 57.8 cm³/mol. The summed E-state index contributed by atoms with van der Waals surface area (Å²) in [5.74, 6) is 0.520. The van der Waals surface area contributed by atoms with Crippen LogP contribution in [-0.4, -0.2) is 10.3 Å². The van der Waals surface area contributed by atoms with Gasteiger partial charge in [0.25, 0.3) is 5.69 Å². The van der Waals surface area contributed by atoms with Gasteiger partial charge in [-0.05, 0) is 24.3 Å². The zero-order valence-electron chi connectivity index (χ0n) is 7.57. The number of nitrogens with zero attached hydrogens (tertiary/aromatic N) is 1. The smallest absolute Gasteiger partial charge is 0.258 e. The van der Waals surface area contributed by atoms with Crippen molar-refractivity contribution in [3.8, 4) is 0 Å². The van der Waals surface area contributed by atoms with Crippen LogP contribution in [0.1, 0.15) is 11.1 Å². The average Bonchev–Trinajstić information content (AvgIpc) is 2.59. The van der Waals surface area contributed by atoms with Crippen molar-refractivity contribution in [2.45, 2.75) is 12.8 Å². The highest BCUT2D eigenvalue weighted by molar-refractivity contribution is 9.09. The lowest BCUT2D eigenvalue weighted by atomic mass is 10.1. The minimum Gasteiger partial charge on any atom is -0.258 e. The Morgan fingerprint density at radius 2 is 2.29 bits per heavy atom. The molecule has 1 aliphatic carbocycles. The molecule has 0 aromatic heterocycles. The van der Waals surface area contributed by atoms with Gasteiger partial charge in [0, 0.05) is 17.0 Å². The molecule has 0 radical (unpaired) electrons. The predicted octanol–water partition coefficient (Wildman–Crippen LogP) is 2.70. The van der Waals surface area contributed by atoms with Crippen LogP contribution < -0.4 is 0 Å². The number of halogens is 1. The molecule has 0 unspecified atom stereocenters. The molecule has 4 heteroatoms. The van der Waals surface area contributed by atoms with E-state index in [9.17, 15) is 10.1 Å². The second kappa shape index (κ2) is 3.69. The Bertz CT molecular complexity index is 378. The molecule has 1 aromatic rings. The van der Waals surface area contributed by atoms with Crippen LogP contribution in [0.4, 0.5) is 5.69 Å². The van der Waals surface area contributed by atoms with Crippen molar-refractivity contribution in [3.63, 3.8) is 0 Å². The molecule has 0 spiro atoms. The fraction of sp³-hybridized carbons (Fsp3) is 0.400. The molecule has 0 heterocycles. The number of nitro benzene ring substituents is 1. The Morgan fingerprint density at radius 1 is 1.50 bits per heavy atom. The van der Waals surface area contributed by atoms with Gasteiger partial charge < -0.3 is 0 Å². The van der Waals surface area contributed by atoms with Gasteiger partial charge in [-0.1, -0.05) is 28.1 Å². The molecular formula is C10H10BrNO2. The van der Waals surface area contributed by atoms with E-state index in [4.69, 9.17) is 0 Å². The minimum absolute atomic E-state index is 0.282. The highest BCUT2D eigenvalue weighted by Crippen LogP contribution is 2.33. The number of benzene rings is 1. The fourth-order valence-corrected chi connectivity index (χ4v) is 2.46. The highest BCUT2D eigenvalue weighted by atomic mass is 79.9. The van der Waals surface area contributed by atoms with Gasteiger partial charge in [-0.25, -0.2) is 0 Å². The zero-order valence-corrected chi connectivity index (χ0v) is 9.16. The molecule has 0 bridgehead atoms. The number of hydrogen-bond acceptors (Lipinski definition) is 2. The first-order valence-electron chi connectivity index (χ1n) is 4.53. The van der Waals surface area contributed by atoms with Crippen molar-refractivity contribution in [2.75, 3.05) is 5.33 Å². The third-order valence-corrected chi connectivity index (χ3v) is 3.58. The third kappa shape index (κ3) is 1.54. The summed E-state index contributed by atoms with van der Waals surface area (Å²) in [6, 6.07) is 5.36. The van der Waals surface area contributed by atoms with Crippen LogP contribution in [0, 0.1) is 16.0 Å². The van der Waals surface area contributed by atoms with Gasteiger partial charge in [0.15, 0.2) is 0 Å². The maximum atomic E-state index is 10.7. The summed E-state index contributed by atoms with van der Waals surface area (Å²) in [6.07, 6.45) is 1.79. The number of alkyl halides is 1. The molecule has 3 nitrogen and oxygen atoms in total. The quantitative estimate of drug-likeness (QED) is 0.464. The van der Waals surface area contributed by atoms with Crippen LogP contribution in [0.2, 0.25) is 0 Å². The Morgan fingerprint density at radius 3 is 2.93 bits per heavy atom. The van der Waals surface area contributed by atoms with E-state index in [0.29, 0.717) is 5.92 Å². The highest BCUT2D eigenvalue weighted by Gasteiger charge is 2.27. The summed E-state index contributed by atoms with van der Waals surface area (Å²) in [6.45, 7) is 0. The lowest BCUT2D eigenvalue weighted by Gasteiger charge is -2.00. The topological polar surface area (TPSA) is 43.1 Å². The van der Waals surface area contributed by atoms with Gasteiger partial charge >= 0.3 is 0 Å². The lowest BCUT2D eigenvalue weighted by molar-refractivity contribution is -0.385.